The zero-order chi connectivity index (χ0) is 15.7. The van der Waals surface area contributed by atoms with E-state index >= 15 is 0 Å². The third kappa shape index (κ3) is 6.39. The van der Waals surface area contributed by atoms with E-state index in [1.165, 1.54) is 18.2 Å². The van der Waals surface area contributed by atoms with Gasteiger partial charge in [0.2, 0.25) is 5.91 Å². The number of nitrogens with one attached hydrogen (secondary N) is 1. The van der Waals surface area contributed by atoms with Gasteiger partial charge in [0.15, 0.2) is 0 Å². The third-order valence-electron chi connectivity index (χ3n) is 2.90. The first kappa shape index (κ1) is 17.2. The number of halogens is 1. The molecule has 1 rings (SSSR count). The average Bonchev–Trinajstić information content (AvgIpc) is 2.47. The Labute approximate surface area is 124 Å². The number of ether oxygens (including phenoxy) is 1. The lowest BCUT2D eigenvalue weighted by Crippen LogP contribution is -2.15. The van der Waals surface area contributed by atoms with E-state index in [1.807, 2.05) is 6.92 Å². The van der Waals surface area contributed by atoms with E-state index in [1.54, 1.807) is 7.11 Å². The normalized spacial score (nSPS) is 11.4. The minimum absolute atomic E-state index is 0.00721. The molecule has 5 heteroatoms. The fraction of sp³-hybridized carbons (Fsp3) is 0.438. The molecular formula is C16H20FNO3. The number of benzene rings is 1. The molecule has 1 aromatic rings. The highest BCUT2D eigenvalue weighted by Crippen LogP contribution is 2.17. The third-order valence-corrected chi connectivity index (χ3v) is 2.90. The van der Waals surface area contributed by atoms with Crippen molar-refractivity contribution >= 4 is 11.6 Å². The van der Waals surface area contributed by atoms with Crippen LogP contribution in [-0.2, 0) is 9.53 Å². The quantitative estimate of drug-likeness (QED) is 0.791. The van der Waals surface area contributed by atoms with Crippen LogP contribution in [0.3, 0.4) is 0 Å². The number of amides is 1. The molecule has 0 bridgehead atoms. The number of rotatable bonds is 6. The van der Waals surface area contributed by atoms with Gasteiger partial charge in [-0.1, -0.05) is 11.8 Å². The Morgan fingerprint density at radius 3 is 2.95 bits per heavy atom. The summed E-state index contributed by atoms with van der Waals surface area (Å²) in [6.45, 7) is 1.83. The second kappa shape index (κ2) is 9.11. The predicted octanol–water partition coefficient (Wildman–Crippen LogP) is 2.31. The van der Waals surface area contributed by atoms with Gasteiger partial charge in [0.1, 0.15) is 5.82 Å². The molecule has 0 aromatic heterocycles. The van der Waals surface area contributed by atoms with Crippen LogP contribution in [0.4, 0.5) is 10.1 Å². The summed E-state index contributed by atoms with van der Waals surface area (Å²) < 4.78 is 18.3. The van der Waals surface area contributed by atoms with Crippen LogP contribution in [0.25, 0.3) is 0 Å². The Hall–Kier alpha value is -1.90. The van der Waals surface area contributed by atoms with Crippen molar-refractivity contribution in [2.24, 2.45) is 0 Å². The summed E-state index contributed by atoms with van der Waals surface area (Å²) >= 11 is 0. The van der Waals surface area contributed by atoms with Crippen molar-refractivity contribution in [2.75, 3.05) is 19.0 Å². The van der Waals surface area contributed by atoms with E-state index in [2.05, 4.69) is 17.2 Å². The number of methoxy groups -OCH3 is 1. The first-order valence-electron chi connectivity index (χ1n) is 6.78. The first-order chi connectivity index (χ1) is 10.1. The summed E-state index contributed by atoms with van der Waals surface area (Å²) in [7, 11) is 1.59. The maximum atomic E-state index is 13.2. The van der Waals surface area contributed by atoms with E-state index in [0.29, 0.717) is 30.5 Å². The molecule has 0 aliphatic heterocycles. The summed E-state index contributed by atoms with van der Waals surface area (Å²) in [5, 5.41) is 11.4. The lowest BCUT2D eigenvalue weighted by Gasteiger charge is -2.10. The van der Waals surface area contributed by atoms with Gasteiger partial charge < -0.3 is 15.2 Å². The lowest BCUT2D eigenvalue weighted by atomic mass is 10.1. The number of hydrogen-bond donors (Lipinski definition) is 2. The molecule has 0 heterocycles. The highest BCUT2D eigenvalue weighted by molar-refractivity contribution is 5.92. The van der Waals surface area contributed by atoms with Gasteiger partial charge in [-0.05, 0) is 31.5 Å². The summed E-state index contributed by atoms with van der Waals surface area (Å²) in [6, 6.07) is 4.01. The van der Waals surface area contributed by atoms with Crippen molar-refractivity contribution in [1.82, 2.24) is 0 Å². The van der Waals surface area contributed by atoms with Crippen LogP contribution in [0.15, 0.2) is 18.2 Å². The lowest BCUT2D eigenvalue weighted by molar-refractivity contribution is -0.116. The molecule has 0 radical (unpaired) electrons. The Morgan fingerprint density at radius 1 is 1.52 bits per heavy atom. The van der Waals surface area contributed by atoms with Crippen LogP contribution in [0, 0.1) is 17.7 Å². The van der Waals surface area contributed by atoms with Crippen molar-refractivity contribution in [1.29, 1.82) is 0 Å². The van der Waals surface area contributed by atoms with Crippen molar-refractivity contribution in [3.05, 3.63) is 29.6 Å². The number of hydrogen-bond acceptors (Lipinski definition) is 3. The fourth-order valence-electron chi connectivity index (χ4n) is 1.61. The van der Waals surface area contributed by atoms with Crippen molar-refractivity contribution < 1.29 is 19.0 Å². The SMILES string of the molecule is COC(C)CCC(=O)Nc1ccc(F)cc1C#CCCO. The van der Waals surface area contributed by atoms with Crippen LogP contribution >= 0.6 is 0 Å². The standard InChI is InChI=1S/C16H20FNO3/c1-12(21-2)6-9-16(20)18-15-8-7-14(17)11-13(15)5-3-4-10-19/h7-8,11-12,19H,4,6,9-10H2,1-2H3,(H,18,20). The minimum Gasteiger partial charge on any atom is -0.395 e. The molecule has 0 aliphatic rings. The molecule has 0 saturated carbocycles. The van der Waals surface area contributed by atoms with Crippen LogP contribution in [0.5, 0.6) is 0 Å². The minimum atomic E-state index is -0.422. The van der Waals surface area contributed by atoms with Crippen LogP contribution < -0.4 is 5.32 Å². The largest absolute Gasteiger partial charge is 0.395 e. The average molecular weight is 293 g/mol. The number of carbonyl (C=O) groups excluding carboxylic acids is 1. The van der Waals surface area contributed by atoms with Gasteiger partial charge in [-0.2, -0.15) is 0 Å². The molecule has 0 saturated heterocycles. The molecule has 2 N–H and O–H groups in total. The van der Waals surface area contributed by atoms with Crippen LogP contribution in [-0.4, -0.2) is 30.8 Å². The molecule has 0 spiro atoms. The topological polar surface area (TPSA) is 58.6 Å². The van der Waals surface area contributed by atoms with Gasteiger partial charge >= 0.3 is 0 Å². The second-order valence-electron chi connectivity index (χ2n) is 4.60. The number of carbonyl (C=O) groups is 1. The zero-order valence-electron chi connectivity index (χ0n) is 12.3. The zero-order valence-corrected chi connectivity index (χ0v) is 12.3. The first-order valence-corrected chi connectivity index (χ1v) is 6.78. The summed E-state index contributed by atoms with van der Waals surface area (Å²) in [4.78, 5) is 11.9. The maximum Gasteiger partial charge on any atom is 0.224 e. The molecular weight excluding hydrogens is 273 g/mol. The number of aliphatic hydroxyl groups excluding tert-OH is 1. The Balaban J connectivity index is 2.74. The van der Waals surface area contributed by atoms with E-state index in [4.69, 9.17) is 9.84 Å². The maximum absolute atomic E-state index is 13.2. The molecule has 21 heavy (non-hydrogen) atoms. The van der Waals surface area contributed by atoms with Crippen LogP contribution in [0.1, 0.15) is 31.7 Å². The summed E-state index contributed by atoms with van der Waals surface area (Å²) in [6.07, 6.45) is 1.23. The molecule has 0 fully saturated rings. The van der Waals surface area contributed by atoms with Gasteiger partial charge in [-0.15, -0.1) is 0 Å². The Bertz CT molecular complexity index is 534. The van der Waals surface area contributed by atoms with Crippen molar-refractivity contribution in [3.8, 4) is 11.8 Å². The molecule has 4 nitrogen and oxygen atoms in total. The van der Waals surface area contributed by atoms with Gasteiger partial charge in [0.05, 0.1) is 24.0 Å². The molecule has 1 aromatic carbocycles. The molecule has 114 valence electrons. The Morgan fingerprint density at radius 2 is 2.29 bits per heavy atom. The second-order valence-corrected chi connectivity index (χ2v) is 4.60. The van der Waals surface area contributed by atoms with Gasteiger partial charge in [0, 0.05) is 20.0 Å². The van der Waals surface area contributed by atoms with E-state index in [-0.39, 0.29) is 18.6 Å². The smallest absolute Gasteiger partial charge is 0.224 e. The molecule has 1 unspecified atom stereocenters. The highest BCUT2D eigenvalue weighted by atomic mass is 19.1. The fourth-order valence-corrected chi connectivity index (χ4v) is 1.61. The van der Waals surface area contributed by atoms with E-state index < -0.39 is 5.82 Å². The Kier molecular flexibility index (Phi) is 7.44. The van der Waals surface area contributed by atoms with Gasteiger partial charge in [0.25, 0.3) is 0 Å². The van der Waals surface area contributed by atoms with Gasteiger partial charge in [-0.25, -0.2) is 4.39 Å². The summed E-state index contributed by atoms with van der Waals surface area (Å²) in [5.74, 6) is 4.87. The molecule has 0 aliphatic carbocycles. The van der Waals surface area contributed by atoms with Crippen molar-refractivity contribution in [2.45, 2.75) is 32.3 Å². The van der Waals surface area contributed by atoms with Gasteiger partial charge in [-0.3, -0.25) is 4.79 Å². The predicted molar refractivity (Wildman–Crippen MR) is 79.3 cm³/mol. The van der Waals surface area contributed by atoms with Crippen LogP contribution in [0.2, 0.25) is 0 Å². The molecule has 1 amide bonds. The number of aliphatic hydroxyl groups is 1. The van der Waals surface area contributed by atoms with E-state index in [9.17, 15) is 9.18 Å². The summed E-state index contributed by atoms with van der Waals surface area (Å²) in [5.41, 5.74) is 0.869. The monoisotopic (exact) mass is 293 g/mol. The van der Waals surface area contributed by atoms with E-state index in [0.717, 1.165) is 0 Å². The van der Waals surface area contributed by atoms with Crippen molar-refractivity contribution in [3.63, 3.8) is 0 Å². The highest BCUT2D eigenvalue weighted by Gasteiger charge is 2.09. The number of anilines is 1. The molecule has 1 atom stereocenters.